The Morgan fingerprint density at radius 1 is 0.380 bits per heavy atom. The second-order valence-corrected chi connectivity index (χ2v) is 18.4. The number of rotatable bonds is 9. The van der Waals surface area contributed by atoms with Gasteiger partial charge in [-0.25, -0.2) is 0 Å². The van der Waals surface area contributed by atoms with Gasteiger partial charge in [-0.05, 0) is 54.5 Å². The number of halogens is 12. The van der Waals surface area contributed by atoms with Crippen LogP contribution >= 0.6 is 0 Å². The van der Waals surface area contributed by atoms with Crippen molar-refractivity contribution < 1.29 is 61.6 Å². The van der Waals surface area contributed by atoms with Crippen molar-refractivity contribution in [3.63, 3.8) is 0 Å². The quantitative estimate of drug-likeness (QED) is 0.0623. The van der Waals surface area contributed by atoms with E-state index in [0.29, 0.717) is 54.3 Å². The number of para-hydroxylation sites is 1. The number of hydrogen-bond acceptors (Lipinski definition) is 2. The van der Waals surface area contributed by atoms with E-state index < -0.39 is 63.0 Å². The first kappa shape index (κ1) is 51.3. The molecule has 0 spiro atoms. The third-order valence-electron chi connectivity index (χ3n) is 11.5. The Balaban J connectivity index is 0.000000219. The Bertz CT molecular complexity index is 2880. The molecule has 0 saturated heterocycles. The van der Waals surface area contributed by atoms with Gasteiger partial charge in [0.1, 0.15) is 17.6 Å². The molecule has 0 aliphatic heterocycles. The van der Waals surface area contributed by atoms with E-state index >= 15 is 0 Å². The van der Waals surface area contributed by atoms with Crippen LogP contribution in [0.3, 0.4) is 0 Å². The summed E-state index contributed by atoms with van der Waals surface area (Å²) in [5.74, 6) is 4.97. The minimum atomic E-state index is -4.77. The van der Waals surface area contributed by atoms with Gasteiger partial charge in [-0.1, -0.05) is 168 Å². The highest BCUT2D eigenvalue weighted by Gasteiger charge is 2.38. The van der Waals surface area contributed by atoms with Gasteiger partial charge in [-0.15, -0.1) is 0 Å². The van der Waals surface area contributed by atoms with Gasteiger partial charge >= 0.3 is 24.7 Å². The van der Waals surface area contributed by atoms with E-state index in [2.05, 4.69) is 11.2 Å². The van der Waals surface area contributed by atoms with E-state index in [1.807, 2.05) is 115 Å². The molecule has 8 rings (SSSR count). The second-order valence-electron chi connectivity index (χ2n) is 16.1. The molecule has 0 heterocycles. The molecule has 8 aromatic carbocycles. The summed E-state index contributed by atoms with van der Waals surface area (Å²) in [6, 6.07) is 50.0. The molecule has 1 unspecified atom stereocenters. The molecule has 0 fully saturated rings. The van der Waals surface area contributed by atoms with Crippen LogP contribution in [0.2, 0.25) is 0 Å². The van der Waals surface area contributed by atoms with E-state index in [-0.39, 0.29) is 21.9 Å². The summed E-state index contributed by atoms with van der Waals surface area (Å²) in [4.78, 5) is 0.748. The van der Waals surface area contributed by atoms with Crippen molar-refractivity contribution in [3.8, 4) is 22.7 Å². The molecule has 0 aromatic heterocycles. The zero-order chi connectivity index (χ0) is 51.1. The summed E-state index contributed by atoms with van der Waals surface area (Å²) in [6.07, 6.45) is -22.0. The Hall–Kier alpha value is -7.51. The number of ether oxygens (including phenoxy) is 1. The largest absolute Gasteiger partial charge is 0.457 e. The lowest BCUT2D eigenvalue weighted by atomic mass is 9.13. The van der Waals surface area contributed by atoms with Gasteiger partial charge in [0.05, 0.1) is 22.3 Å². The van der Waals surface area contributed by atoms with Gasteiger partial charge in [0.25, 0.3) is 0 Å². The predicted molar refractivity (Wildman–Crippen MR) is 253 cm³/mol. The smallest absolute Gasteiger partial charge is 0.416 e. The van der Waals surface area contributed by atoms with E-state index in [9.17, 15) is 56.9 Å². The Morgan fingerprint density at radius 2 is 0.690 bits per heavy atom. The SMILES string of the molecule is FC(F)(F)c1ccc([B-](c2ccc(C(F)(F)F)cc2)(c2ccc(C(F)(F)F)cc2)c2ccc(C(F)(F)F)cc2)cc1.O=[S+](C#Cc1ccccc1)(Cc1ccc(Oc2ccccc2)cc1)c1ccccc1. The van der Waals surface area contributed by atoms with Crippen molar-refractivity contribution in [2.24, 2.45) is 0 Å². The first-order valence-corrected chi connectivity index (χ1v) is 23.1. The lowest BCUT2D eigenvalue weighted by Gasteiger charge is -2.44. The van der Waals surface area contributed by atoms with Crippen LogP contribution < -0.4 is 26.6 Å². The molecule has 1 atom stereocenters. The summed E-state index contributed by atoms with van der Waals surface area (Å²) < 4.78 is 180. The maximum absolute atomic E-state index is 13.9. The molecular formula is C55H37BF12O2S. The van der Waals surface area contributed by atoms with Crippen molar-refractivity contribution in [1.82, 2.24) is 0 Å². The monoisotopic (exact) mass is 1000 g/mol. The zero-order valence-corrected chi connectivity index (χ0v) is 37.6. The molecule has 0 amide bonds. The maximum Gasteiger partial charge on any atom is 0.416 e. The summed E-state index contributed by atoms with van der Waals surface area (Å²) >= 11 is 0. The van der Waals surface area contributed by atoms with Crippen molar-refractivity contribution in [1.29, 1.82) is 0 Å². The molecule has 362 valence electrons. The van der Waals surface area contributed by atoms with Crippen LogP contribution in [0, 0.1) is 11.2 Å². The van der Waals surface area contributed by atoms with Crippen molar-refractivity contribution in [3.05, 3.63) is 246 Å². The van der Waals surface area contributed by atoms with Crippen LogP contribution in [0.5, 0.6) is 11.5 Å². The summed E-state index contributed by atoms with van der Waals surface area (Å²) in [6.45, 7) is 0. The molecule has 0 radical (unpaired) electrons. The minimum Gasteiger partial charge on any atom is -0.457 e. The van der Waals surface area contributed by atoms with Crippen molar-refractivity contribution in [2.75, 3.05) is 0 Å². The Labute approximate surface area is 401 Å². The Kier molecular flexibility index (Phi) is 15.1. The average Bonchev–Trinajstić information content (AvgIpc) is 3.35. The zero-order valence-electron chi connectivity index (χ0n) is 36.8. The standard InChI is InChI=1S/C28H16BF12.C27H21O2S/c30-25(31,32)17-1-9-21(10-2-17)29(22-11-3-18(4-12-22)26(33,34)35,23-13-5-19(6-14-23)27(36,37)38)24-15-7-20(8-16-24)28(39,40)41;28-30(27-14-8-3-9-15-27,21-20-23-10-4-1-5-11-23)22-24-16-18-26(19-17-24)29-25-12-6-2-7-13-25/h1-16H;1-19H,22H2/q-1;+1. The van der Waals surface area contributed by atoms with Crippen LogP contribution in [0.25, 0.3) is 0 Å². The average molecular weight is 1000 g/mol. The van der Waals surface area contributed by atoms with Gasteiger partial charge < -0.3 is 4.74 Å². The van der Waals surface area contributed by atoms with E-state index in [1.165, 1.54) is 0 Å². The topological polar surface area (TPSA) is 26.3 Å². The third kappa shape index (κ3) is 12.5. The molecular weight excluding hydrogens is 963 g/mol. The number of alkyl halides is 12. The summed E-state index contributed by atoms with van der Waals surface area (Å²) in [5, 5.41) is 3.08. The van der Waals surface area contributed by atoms with E-state index in [0.717, 1.165) is 76.1 Å². The second kappa shape index (κ2) is 20.8. The molecule has 0 bridgehead atoms. The van der Waals surface area contributed by atoms with Gasteiger partial charge in [0.2, 0.25) is 0 Å². The fraction of sp³-hybridized carbons (Fsp3) is 0.0909. The van der Waals surface area contributed by atoms with Gasteiger partial charge in [0, 0.05) is 11.1 Å². The summed E-state index contributed by atoms with van der Waals surface area (Å²) in [7, 11) is -2.59. The first-order chi connectivity index (χ1) is 33.6. The van der Waals surface area contributed by atoms with Crippen molar-refractivity contribution >= 4 is 37.9 Å². The minimum absolute atomic E-state index is 0.0114. The molecule has 16 heteroatoms. The molecule has 8 aromatic rings. The predicted octanol–water partition coefficient (Wildman–Crippen LogP) is 13.7. The maximum atomic E-state index is 13.9. The molecule has 0 aliphatic carbocycles. The van der Waals surface area contributed by atoms with Gasteiger partial charge in [-0.3, -0.25) is 0 Å². The molecule has 2 nitrogen and oxygen atoms in total. The number of benzene rings is 8. The van der Waals surface area contributed by atoms with Crippen LogP contribution in [-0.4, -0.2) is 6.15 Å². The molecule has 0 N–H and O–H groups in total. The van der Waals surface area contributed by atoms with E-state index in [4.69, 9.17) is 4.74 Å². The van der Waals surface area contributed by atoms with Crippen LogP contribution in [0.4, 0.5) is 52.7 Å². The van der Waals surface area contributed by atoms with Crippen LogP contribution in [0.15, 0.2) is 217 Å². The van der Waals surface area contributed by atoms with Gasteiger partial charge in [0.15, 0.2) is 25.8 Å². The lowest BCUT2D eigenvalue weighted by molar-refractivity contribution is -0.138. The Morgan fingerprint density at radius 3 is 1.03 bits per heavy atom. The van der Waals surface area contributed by atoms with Crippen LogP contribution in [0.1, 0.15) is 33.4 Å². The third-order valence-corrected chi connectivity index (χ3v) is 13.7. The highest BCUT2D eigenvalue weighted by molar-refractivity contribution is 8.06. The molecule has 0 aliphatic rings. The van der Waals surface area contributed by atoms with E-state index in [1.54, 1.807) is 0 Å². The number of hydrogen-bond donors (Lipinski definition) is 0. The molecule has 0 saturated carbocycles. The highest BCUT2D eigenvalue weighted by atomic mass is 32.2. The lowest BCUT2D eigenvalue weighted by Crippen LogP contribution is -2.74. The first-order valence-electron chi connectivity index (χ1n) is 21.4. The van der Waals surface area contributed by atoms with Gasteiger partial charge in [-0.2, -0.15) is 74.5 Å². The molecule has 71 heavy (non-hydrogen) atoms. The normalized spacial score (nSPS) is 12.9. The van der Waals surface area contributed by atoms with Crippen molar-refractivity contribution in [2.45, 2.75) is 35.4 Å². The fourth-order valence-corrected chi connectivity index (χ4v) is 9.89. The van der Waals surface area contributed by atoms with Crippen LogP contribution in [-0.2, 0) is 44.6 Å². The summed E-state index contributed by atoms with van der Waals surface area (Å²) in [5.41, 5.74) is -2.49. The highest BCUT2D eigenvalue weighted by Crippen LogP contribution is 2.33. The fourth-order valence-electron chi connectivity index (χ4n) is 7.99.